The van der Waals surface area contributed by atoms with Crippen molar-refractivity contribution in [2.45, 2.75) is 6.42 Å². The van der Waals surface area contributed by atoms with Crippen molar-refractivity contribution in [2.24, 2.45) is 7.05 Å². The summed E-state index contributed by atoms with van der Waals surface area (Å²) in [6.45, 7) is 0.497. The number of rotatable bonds is 4. The molecule has 0 spiro atoms. The number of benzene rings is 1. The quantitative estimate of drug-likeness (QED) is 0.663. The fraction of sp³-hybridized carbons (Fsp3) is 0.231. The predicted octanol–water partition coefficient (Wildman–Crippen LogP) is 2.10. The van der Waals surface area contributed by atoms with Gasteiger partial charge in [-0.05, 0) is 34.7 Å². The van der Waals surface area contributed by atoms with Gasteiger partial charge in [0.15, 0.2) is 5.75 Å². The Bertz CT molecular complexity index is 607. The van der Waals surface area contributed by atoms with Crippen molar-refractivity contribution in [3.63, 3.8) is 0 Å². The Morgan fingerprint density at radius 1 is 1.53 bits per heavy atom. The molecule has 6 heteroatoms. The Hall–Kier alpha value is -1.75. The summed E-state index contributed by atoms with van der Waals surface area (Å²) < 4.78 is 8.50. The van der Waals surface area contributed by atoms with E-state index in [1.807, 2.05) is 17.8 Å². The minimum Gasteiger partial charge on any atom is -0.490 e. The Morgan fingerprint density at radius 3 is 2.89 bits per heavy atom. The van der Waals surface area contributed by atoms with Gasteiger partial charge in [-0.25, -0.2) is 4.98 Å². The maximum atomic E-state index is 8.85. The molecule has 1 aromatic heterocycles. The highest BCUT2D eigenvalue weighted by Crippen LogP contribution is 2.29. The van der Waals surface area contributed by atoms with Crippen LogP contribution in [0.15, 0.2) is 24.5 Å². The maximum absolute atomic E-state index is 8.85. The molecule has 98 valence electrons. The van der Waals surface area contributed by atoms with E-state index in [9.17, 15) is 0 Å². The lowest BCUT2D eigenvalue weighted by molar-refractivity contribution is 0.317. The van der Waals surface area contributed by atoms with Crippen LogP contribution >= 0.6 is 22.6 Å². The first-order valence-corrected chi connectivity index (χ1v) is 6.78. The second-order valence-corrected chi connectivity index (χ2v) is 5.20. The summed E-state index contributed by atoms with van der Waals surface area (Å²) in [5, 5.41) is 8.85. The standard InChI is InChI=1S/C13H13IN4O/c1-18-4-3-17-12(18)2-5-19-13-10(14)6-9(8-15)7-11(13)16/h3-4,6-7H,2,5,16H2,1H3. The number of ether oxygens (including phenoxy) is 1. The van der Waals surface area contributed by atoms with E-state index in [2.05, 4.69) is 33.6 Å². The Labute approximate surface area is 125 Å². The largest absolute Gasteiger partial charge is 0.490 e. The van der Waals surface area contributed by atoms with Gasteiger partial charge in [-0.3, -0.25) is 0 Å². The van der Waals surface area contributed by atoms with Gasteiger partial charge in [0, 0.05) is 25.9 Å². The minimum atomic E-state index is 0.489. The highest BCUT2D eigenvalue weighted by Gasteiger charge is 2.09. The highest BCUT2D eigenvalue weighted by molar-refractivity contribution is 14.1. The lowest BCUT2D eigenvalue weighted by Gasteiger charge is -2.11. The molecule has 0 saturated heterocycles. The summed E-state index contributed by atoms with van der Waals surface area (Å²) in [5.41, 5.74) is 6.91. The first-order chi connectivity index (χ1) is 9.11. The van der Waals surface area contributed by atoms with Crippen LogP contribution in [0.1, 0.15) is 11.4 Å². The van der Waals surface area contributed by atoms with Gasteiger partial charge in [0.2, 0.25) is 0 Å². The number of nitrogens with two attached hydrogens (primary N) is 1. The van der Waals surface area contributed by atoms with Crippen LogP contribution in [0.3, 0.4) is 0 Å². The van der Waals surface area contributed by atoms with Crippen molar-refractivity contribution in [3.8, 4) is 11.8 Å². The zero-order valence-corrected chi connectivity index (χ0v) is 12.6. The molecule has 19 heavy (non-hydrogen) atoms. The molecule has 1 aromatic carbocycles. The summed E-state index contributed by atoms with van der Waals surface area (Å²) in [6, 6.07) is 5.45. The molecule has 0 aliphatic rings. The number of hydrogen-bond acceptors (Lipinski definition) is 4. The van der Waals surface area contributed by atoms with Crippen LogP contribution in [-0.4, -0.2) is 16.2 Å². The molecule has 0 radical (unpaired) electrons. The number of nitriles is 1. The van der Waals surface area contributed by atoms with Crippen molar-refractivity contribution < 1.29 is 4.74 Å². The van der Waals surface area contributed by atoms with Crippen LogP contribution in [0.4, 0.5) is 5.69 Å². The summed E-state index contributed by atoms with van der Waals surface area (Å²) in [4.78, 5) is 4.23. The van der Waals surface area contributed by atoms with Crippen molar-refractivity contribution in [2.75, 3.05) is 12.3 Å². The van der Waals surface area contributed by atoms with Crippen LogP contribution in [-0.2, 0) is 13.5 Å². The lowest BCUT2D eigenvalue weighted by atomic mass is 10.2. The average molecular weight is 368 g/mol. The van der Waals surface area contributed by atoms with E-state index in [0.29, 0.717) is 30.0 Å². The Kier molecular flexibility index (Phi) is 4.27. The topological polar surface area (TPSA) is 76.9 Å². The highest BCUT2D eigenvalue weighted by atomic mass is 127. The monoisotopic (exact) mass is 368 g/mol. The summed E-state index contributed by atoms with van der Waals surface area (Å²) in [5.74, 6) is 1.59. The molecule has 2 aromatic rings. The Morgan fingerprint density at radius 2 is 2.32 bits per heavy atom. The first kappa shape index (κ1) is 13.7. The maximum Gasteiger partial charge on any atom is 0.155 e. The second kappa shape index (κ2) is 5.93. The molecular formula is C13H13IN4O. The van der Waals surface area contributed by atoms with Gasteiger partial charge >= 0.3 is 0 Å². The van der Waals surface area contributed by atoms with E-state index < -0.39 is 0 Å². The number of aromatic nitrogens is 2. The van der Waals surface area contributed by atoms with E-state index in [1.54, 1.807) is 18.3 Å². The number of halogens is 1. The van der Waals surface area contributed by atoms with E-state index >= 15 is 0 Å². The third kappa shape index (κ3) is 3.17. The number of imidazole rings is 1. The van der Waals surface area contributed by atoms with Crippen molar-refractivity contribution in [1.82, 2.24) is 9.55 Å². The van der Waals surface area contributed by atoms with Gasteiger partial charge in [-0.1, -0.05) is 0 Å². The normalized spacial score (nSPS) is 10.2. The van der Waals surface area contributed by atoms with Crippen LogP contribution in [0.5, 0.6) is 5.75 Å². The van der Waals surface area contributed by atoms with Crippen LogP contribution < -0.4 is 10.5 Å². The number of hydrogen-bond donors (Lipinski definition) is 1. The van der Waals surface area contributed by atoms with E-state index in [0.717, 1.165) is 9.39 Å². The molecular weight excluding hydrogens is 355 g/mol. The van der Waals surface area contributed by atoms with Crippen LogP contribution in [0.25, 0.3) is 0 Å². The molecule has 0 bridgehead atoms. The number of nitrogen functional groups attached to an aromatic ring is 1. The fourth-order valence-corrected chi connectivity index (χ4v) is 2.52. The third-order valence-corrected chi connectivity index (χ3v) is 3.50. The third-order valence-electron chi connectivity index (χ3n) is 2.69. The molecule has 0 amide bonds. The van der Waals surface area contributed by atoms with E-state index in [-0.39, 0.29) is 0 Å². The first-order valence-electron chi connectivity index (χ1n) is 5.70. The lowest BCUT2D eigenvalue weighted by Crippen LogP contribution is -2.08. The van der Waals surface area contributed by atoms with Gasteiger partial charge in [0.25, 0.3) is 0 Å². The molecule has 0 aliphatic carbocycles. The van der Waals surface area contributed by atoms with Crippen molar-refractivity contribution >= 4 is 28.3 Å². The second-order valence-electron chi connectivity index (χ2n) is 4.04. The zero-order valence-electron chi connectivity index (χ0n) is 10.4. The van der Waals surface area contributed by atoms with Gasteiger partial charge in [0.05, 0.1) is 27.5 Å². The molecule has 0 saturated carbocycles. The molecule has 5 nitrogen and oxygen atoms in total. The fourth-order valence-electron chi connectivity index (χ4n) is 1.71. The van der Waals surface area contributed by atoms with Gasteiger partial charge < -0.3 is 15.0 Å². The van der Waals surface area contributed by atoms with Gasteiger partial charge in [0.1, 0.15) is 5.82 Å². The zero-order chi connectivity index (χ0) is 13.8. The van der Waals surface area contributed by atoms with Crippen molar-refractivity contribution in [3.05, 3.63) is 39.5 Å². The van der Waals surface area contributed by atoms with Crippen molar-refractivity contribution in [1.29, 1.82) is 5.26 Å². The molecule has 1 heterocycles. The Balaban J connectivity index is 2.04. The smallest absolute Gasteiger partial charge is 0.155 e. The molecule has 0 atom stereocenters. The molecule has 2 rings (SSSR count). The minimum absolute atomic E-state index is 0.489. The van der Waals surface area contributed by atoms with Gasteiger partial charge in [-0.15, -0.1) is 0 Å². The molecule has 0 aliphatic heterocycles. The number of anilines is 1. The molecule has 0 unspecified atom stereocenters. The number of aryl methyl sites for hydroxylation is 1. The van der Waals surface area contributed by atoms with E-state index in [1.165, 1.54) is 0 Å². The SMILES string of the molecule is Cn1ccnc1CCOc1c(N)cc(C#N)cc1I. The van der Waals surface area contributed by atoms with Crippen LogP contribution in [0, 0.1) is 14.9 Å². The molecule has 2 N–H and O–H groups in total. The predicted molar refractivity (Wildman–Crippen MR) is 80.7 cm³/mol. The molecule has 0 fully saturated rings. The van der Waals surface area contributed by atoms with Crippen LogP contribution in [0.2, 0.25) is 0 Å². The average Bonchev–Trinajstić information content (AvgIpc) is 2.78. The summed E-state index contributed by atoms with van der Waals surface area (Å²) >= 11 is 2.12. The van der Waals surface area contributed by atoms with E-state index in [4.69, 9.17) is 15.7 Å². The van der Waals surface area contributed by atoms with Gasteiger partial charge in [-0.2, -0.15) is 5.26 Å². The summed E-state index contributed by atoms with van der Waals surface area (Å²) in [7, 11) is 1.95. The summed E-state index contributed by atoms with van der Waals surface area (Å²) in [6.07, 6.45) is 4.36. The number of nitrogens with zero attached hydrogens (tertiary/aromatic N) is 3.